The molecule has 6 heteroatoms. The lowest BCUT2D eigenvalue weighted by molar-refractivity contribution is -0.115. The first-order valence-corrected chi connectivity index (χ1v) is 11.0. The number of carbonyl (C=O) groups is 1. The molecule has 31 heavy (non-hydrogen) atoms. The van der Waals surface area contributed by atoms with Crippen molar-refractivity contribution < 1.29 is 9.53 Å². The largest absolute Gasteiger partial charge is 0.489 e. The number of amidine groups is 1. The molecule has 0 aromatic heterocycles. The van der Waals surface area contributed by atoms with E-state index in [1.165, 1.54) is 17.3 Å². The average molecular weight is 449 g/mol. The highest BCUT2D eigenvalue weighted by molar-refractivity contribution is 8.18. The fourth-order valence-corrected chi connectivity index (χ4v) is 3.97. The standard InChI is InChI=1S/C25H21ClN2O2S/c1-16-4-3-5-22(17(16)2)27-25-28-24(29)23(31-25)14-18-8-12-21(13-9-18)30-15-19-6-10-20(26)11-7-19/h3-14H,15H2,1-2H3,(H,27,28,29)/b23-14-. The summed E-state index contributed by atoms with van der Waals surface area (Å²) in [5.74, 6) is 0.620. The summed E-state index contributed by atoms with van der Waals surface area (Å²) in [6, 6.07) is 21.2. The third-order valence-corrected chi connectivity index (χ3v) is 6.11. The van der Waals surface area contributed by atoms with E-state index in [1.807, 2.05) is 86.7 Å². The zero-order valence-corrected chi connectivity index (χ0v) is 18.8. The Morgan fingerprint density at radius 1 is 1.03 bits per heavy atom. The Morgan fingerprint density at radius 3 is 2.52 bits per heavy atom. The van der Waals surface area contributed by atoms with Gasteiger partial charge in [0.15, 0.2) is 5.17 Å². The second-order valence-electron chi connectivity index (χ2n) is 7.18. The second-order valence-corrected chi connectivity index (χ2v) is 8.65. The Hall–Kier alpha value is -3.02. The van der Waals surface area contributed by atoms with Crippen molar-refractivity contribution in [3.05, 3.63) is 98.9 Å². The molecule has 0 atom stereocenters. The van der Waals surface area contributed by atoms with E-state index in [-0.39, 0.29) is 5.91 Å². The Balaban J connectivity index is 1.42. The van der Waals surface area contributed by atoms with Gasteiger partial charge in [-0.05, 0) is 84.3 Å². The molecule has 0 saturated carbocycles. The van der Waals surface area contributed by atoms with Crippen molar-refractivity contribution in [2.45, 2.75) is 20.5 Å². The lowest BCUT2D eigenvalue weighted by atomic mass is 10.1. The fraction of sp³-hybridized carbons (Fsp3) is 0.120. The Labute approximate surface area is 191 Å². The van der Waals surface area contributed by atoms with Gasteiger partial charge in [-0.3, -0.25) is 4.79 Å². The number of ether oxygens (including phenoxy) is 1. The average Bonchev–Trinajstić information content (AvgIpc) is 3.10. The van der Waals surface area contributed by atoms with Crippen molar-refractivity contribution in [1.82, 2.24) is 5.32 Å². The summed E-state index contributed by atoms with van der Waals surface area (Å²) in [6.45, 7) is 4.55. The first kappa shape index (κ1) is 21.2. The van der Waals surface area contributed by atoms with Crippen molar-refractivity contribution in [2.75, 3.05) is 0 Å². The smallest absolute Gasteiger partial charge is 0.264 e. The van der Waals surface area contributed by atoms with E-state index in [2.05, 4.69) is 10.3 Å². The Kier molecular flexibility index (Phi) is 6.44. The van der Waals surface area contributed by atoms with Crippen molar-refractivity contribution in [3.63, 3.8) is 0 Å². The predicted molar refractivity (Wildman–Crippen MR) is 129 cm³/mol. The van der Waals surface area contributed by atoms with Crippen molar-refractivity contribution in [1.29, 1.82) is 0 Å². The number of aryl methyl sites for hydroxylation is 1. The van der Waals surface area contributed by atoms with E-state index in [0.29, 0.717) is 21.7 Å². The molecule has 3 aromatic carbocycles. The maximum Gasteiger partial charge on any atom is 0.264 e. The number of rotatable bonds is 5. The first-order chi connectivity index (χ1) is 15.0. The van der Waals surface area contributed by atoms with Crippen LogP contribution < -0.4 is 10.1 Å². The molecule has 0 unspecified atom stereocenters. The highest BCUT2D eigenvalue weighted by Gasteiger charge is 2.24. The SMILES string of the molecule is Cc1cccc(N=C2NC(=O)/C(=C/c3ccc(OCc4ccc(Cl)cc4)cc3)S2)c1C. The van der Waals surface area contributed by atoms with Crippen LogP contribution in [0.4, 0.5) is 5.69 Å². The molecule has 1 N–H and O–H groups in total. The van der Waals surface area contributed by atoms with Crippen LogP contribution in [0.2, 0.25) is 5.02 Å². The first-order valence-electron chi connectivity index (χ1n) is 9.81. The Bertz CT molecular complexity index is 1170. The minimum atomic E-state index is -0.142. The third-order valence-electron chi connectivity index (χ3n) is 4.95. The molecular formula is C25H21ClN2O2S. The zero-order valence-electron chi connectivity index (χ0n) is 17.2. The van der Waals surface area contributed by atoms with Crippen molar-refractivity contribution >= 4 is 46.2 Å². The van der Waals surface area contributed by atoms with Crippen LogP contribution >= 0.6 is 23.4 Å². The van der Waals surface area contributed by atoms with Crippen molar-refractivity contribution in [2.24, 2.45) is 4.99 Å². The maximum atomic E-state index is 12.4. The van der Waals surface area contributed by atoms with Gasteiger partial charge in [0.25, 0.3) is 5.91 Å². The molecule has 4 nitrogen and oxygen atoms in total. The number of nitrogens with one attached hydrogen (secondary N) is 1. The lowest BCUT2D eigenvalue weighted by Gasteiger charge is -2.06. The highest BCUT2D eigenvalue weighted by Crippen LogP contribution is 2.30. The van der Waals surface area contributed by atoms with Gasteiger partial charge in [-0.15, -0.1) is 0 Å². The van der Waals surface area contributed by atoms with Crippen LogP contribution in [0.1, 0.15) is 22.3 Å². The summed E-state index contributed by atoms with van der Waals surface area (Å²) in [7, 11) is 0. The molecule has 4 rings (SSSR count). The van der Waals surface area contributed by atoms with Crippen LogP contribution in [-0.2, 0) is 11.4 Å². The number of hydrogen-bond acceptors (Lipinski definition) is 4. The number of carbonyl (C=O) groups excluding carboxylic acids is 1. The number of benzene rings is 3. The molecule has 156 valence electrons. The molecule has 0 aliphatic carbocycles. The van der Waals surface area contributed by atoms with E-state index in [0.717, 1.165) is 28.1 Å². The maximum absolute atomic E-state index is 12.4. The van der Waals surface area contributed by atoms with Gasteiger partial charge in [0.05, 0.1) is 10.6 Å². The topological polar surface area (TPSA) is 50.7 Å². The van der Waals surface area contributed by atoms with E-state index in [1.54, 1.807) is 0 Å². The van der Waals surface area contributed by atoms with Gasteiger partial charge in [-0.1, -0.05) is 48.0 Å². The van der Waals surface area contributed by atoms with Gasteiger partial charge in [-0.25, -0.2) is 4.99 Å². The van der Waals surface area contributed by atoms with Crippen LogP contribution in [-0.4, -0.2) is 11.1 Å². The monoisotopic (exact) mass is 448 g/mol. The number of halogens is 1. The molecule has 0 spiro atoms. The van der Waals surface area contributed by atoms with Gasteiger partial charge in [-0.2, -0.15) is 0 Å². The molecule has 0 radical (unpaired) electrons. The molecular weight excluding hydrogens is 428 g/mol. The number of thioether (sulfide) groups is 1. The van der Waals surface area contributed by atoms with E-state index in [9.17, 15) is 4.79 Å². The van der Waals surface area contributed by atoms with Gasteiger partial charge >= 0.3 is 0 Å². The molecule has 3 aromatic rings. The highest BCUT2D eigenvalue weighted by atomic mass is 35.5. The van der Waals surface area contributed by atoms with Crippen LogP contribution in [0.25, 0.3) is 6.08 Å². The Morgan fingerprint density at radius 2 is 1.77 bits per heavy atom. The molecule has 0 bridgehead atoms. The third kappa shape index (κ3) is 5.37. The molecule has 1 aliphatic rings. The summed E-state index contributed by atoms with van der Waals surface area (Å²) in [5, 5.41) is 4.14. The summed E-state index contributed by atoms with van der Waals surface area (Å²) in [5.41, 5.74) is 5.11. The number of nitrogens with zero attached hydrogens (tertiary/aromatic N) is 1. The number of hydrogen-bond donors (Lipinski definition) is 1. The second kappa shape index (κ2) is 9.41. The summed E-state index contributed by atoms with van der Waals surface area (Å²) in [6.07, 6.45) is 1.86. The number of amides is 1. The zero-order chi connectivity index (χ0) is 21.8. The van der Waals surface area contributed by atoms with Gasteiger partial charge in [0.1, 0.15) is 12.4 Å². The summed E-state index contributed by atoms with van der Waals surface area (Å²) >= 11 is 7.25. The van der Waals surface area contributed by atoms with Crippen LogP contribution in [0, 0.1) is 13.8 Å². The lowest BCUT2D eigenvalue weighted by Crippen LogP contribution is -2.19. The van der Waals surface area contributed by atoms with E-state index >= 15 is 0 Å². The fourth-order valence-electron chi connectivity index (χ4n) is 3.01. The van der Waals surface area contributed by atoms with Crippen LogP contribution in [0.15, 0.2) is 76.6 Å². The predicted octanol–water partition coefficient (Wildman–Crippen LogP) is 6.43. The van der Waals surface area contributed by atoms with E-state index < -0.39 is 0 Å². The quantitative estimate of drug-likeness (QED) is 0.457. The van der Waals surface area contributed by atoms with Crippen LogP contribution in [0.5, 0.6) is 5.75 Å². The molecule has 1 amide bonds. The van der Waals surface area contributed by atoms with E-state index in [4.69, 9.17) is 16.3 Å². The van der Waals surface area contributed by atoms with Gasteiger partial charge in [0.2, 0.25) is 0 Å². The minimum Gasteiger partial charge on any atom is -0.489 e. The van der Waals surface area contributed by atoms with Crippen molar-refractivity contribution in [3.8, 4) is 5.75 Å². The van der Waals surface area contributed by atoms with Gasteiger partial charge < -0.3 is 10.1 Å². The molecule has 1 heterocycles. The molecule has 1 aliphatic heterocycles. The normalized spacial score (nSPS) is 16.0. The van der Waals surface area contributed by atoms with Crippen LogP contribution in [0.3, 0.4) is 0 Å². The van der Waals surface area contributed by atoms with Gasteiger partial charge in [0, 0.05) is 5.02 Å². The summed E-state index contributed by atoms with van der Waals surface area (Å²) in [4.78, 5) is 17.6. The molecule has 1 fully saturated rings. The summed E-state index contributed by atoms with van der Waals surface area (Å²) < 4.78 is 5.81. The minimum absolute atomic E-state index is 0.142. The number of aliphatic imine (C=N–C) groups is 1. The molecule has 1 saturated heterocycles.